The molecule has 1 heterocycles. The molecule has 0 aliphatic heterocycles. The maximum atomic E-state index is 12.7. The number of halogens is 3. The Morgan fingerprint density at radius 3 is 2.57 bits per heavy atom. The van der Waals surface area contributed by atoms with E-state index in [0.717, 1.165) is 25.3 Å². The van der Waals surface area contributed by atoms with Gasteiger partial charge in [-0.25, -0.2) is 9.78 Å². The predicted molar refractivity (Wildman–Crippen MR) is 71.2 cm³/mol. The Morgan fingerprint density at radius 1 is 1.43 bits per heavy atom. The lowest BCUT2D eigenvalue weighted by molar-refractivity contribution is -0.141. The minimum Gasteiger partial charge on any atom is -0.478 e. The first-order valence-corrected chi connectivity index (χ1v) is 6.66. The number of alkyl halides is 3. The van der Waals surface area contributed by atoms with Gasteiger partial charge < -0.3 is 10.4 Å². The van der Waals surface area contributed by atoms with Crippen LogP contribution >= 0.6 is 0 Å². The van der Waals surface area contributed by atoms with Gasteiger partial charge in [0.1, 0.15) is 17.1 Å². The molecule has 0 bridgehead atoms. The van der Waals surface area contributed by atoms with Crippen LogP contribution in [-0.4, -0.2) is 22.1 Å². The highest BCUT2D eigenvalue weighted by atomic mass is 19.4. The molecule has 1 saturated carbocycles. The highest BCUT2D eigenvalue weighted by Crippen LogP contribution is 2.38. The fraction of sp³-hybridized carbons (Fsp3) is 0.571. The van der Waals surface area contributed by atoms with Gasteiger partial charge >= 0.3 is 12.1 Å². The molecular weight excluding hydrogens is 285 g/mol. The predicted octanol–water partition coefficient (Wildman–Crippen LogP) is 3.79. The maximum absolute atomic E-state index is 12.7. The number of hydrogen-bond donors (Lipinski definition) is 2. The van der Waals surface area contributed by atoms with Crippen LogP contribution in [0.15, 0.2) is 12.1 Å². The summed E-state index contributed by atoms with van der Waals surface area (Å²) in [6.45, 7) is 4.15. The van der Waals surface area contributed by atoms with E-state index in [4.69, 9.17) is 5.11 Å². The second kappa shape index (κ2) is 5.20. The van der Waals surface area contributed by atoms with Crippen LogP contribution in [0.4, 0.5) is 19.0 Å². The lowest BCUT2D eigenvalue weighted by atomic mass is 9.92. The van der Waals surface area contributed by atoms with Gasteiger partial charge in [0.05, 0.1) is 0 Å². The molecular formula is C14H17F3N2O2. The van der Waals surface area contributed by atoms with Crippen molar-refractivity contribution >= 4 is 11.8 Å². The lowest BCUT2D eigenvalue weighted by Crippen LogP contribution is -2.21. The zero-order chi connectivity index (χ0) is 15.8. The molecule has 116 valence electrons. The smallest absolute Gasteiger partial charge is 0.433 e. The minimum atomic E-state index is -4.59. The molecule has 0 saturated heterocycles. The van der Waals surface area contributed by atoms with E-state index in [-0.39, 0.29) is 22.8 Å². The summed E-state index contributed by atoms with van der Waals surface area (Å²) in [4.78, 5) is 14.6. The maximum Gasteiger partial charge on any atom is 0.433 e. The van der Waals surface area contributed by atoms with Gasteiger partial charge in [-0.1, -0.05) is 13.8 Å². The lowest BCUT2D eigenvalue weighted by Gasteiger charge is -2.19. The molecule has 21 heavy (non-hydrogen) atoms. The molecule has 0 amide bonds. The molecule has 1 atom stereocenters. The number of anilines is 1. The third kappa shape index (κ3) is 3.65. The molecule has 1 aliphatic carbocycles. The molecule has 0 spiro atoms. The standard InChI is InChI=1S/C14H17F3N2O2/c1-13(2)6-5-8(7-13)18-11-9(12(20)21)3-4-10(19-11)14(15,16)17/h3-4,8H,5-7H2,1-2H3,(H,18,19)(H,20,21). The van der Waals surface area contributed by atoms with Gasteiger partial charge in [0.2, 0.25) is 0 Å². The number of rotatable bonds is 3. The Kier molecular flexibility index (Phi) is 3.86. The summed E-state index contributed by atoms with van der Waals surface area (Å²) in [7, 11) is 0. The van der Waals surface area contributed by atoms with Gasteiger partial charge in [-0.2, -0.15) is 13.2 Å². The summed E-state index contributed by atoms with van der Waals surface area (Å²) in [5.74, 6) is -1.50. The average molecular weight is 302 g/mol. The summed E-state index contributed by atoms with van der Waals surface area (Å²) in [5, 5.41) is 11.9. The minimum absolute atomic E-state index is 0.0610. The second-order valence-corrected chi connectivity index (χ2v) is 6.14. The van der Waals surface area contributed by atoms with Crippen LogP contribution in [0.25, 0.3) is 0 Å². The number of nitrogens with zero attached hydrogens (tertiary/aromatic N) is 1. The Morgan fingerprint density at radius 2 is 2.10 bits per heavy atom. The Balaban J connectivity index is 2.29. The van der Waals surface area contributed by atoms with Crippen molar-refractivity contribution < 1.29 is 23.1 Å². The van der Waals surface area contributed by atoms with Crippen LogP contribution in [0.5, 0.6) is 0 Å². The van der Waals surface area contributed by atoms with E-state index in [1.165, 1.54) is 0 Å². The molecule has 2 rings (SSSR count). The van der Waals surface area contributed by atoms with Gasteiger partial charge in [-0.15, -0.1) is 0 Å². The largest absolute Gasteiger partial charge is 0.478 e. The Hall–Kier alpha value is -1.79. The van der Waals surface area contributed by atoms with Crippen LogP contribution in [0.3, 0.4) is 0 Å². The molecule has 1 unspecified atom stereocenters. The van der Waals surface area contributed by atoms with Crippen molar-refractivity contribution in [2.75, 3.05) is 5.32 Å². The van der Waals surface area contributed by atoms with Crippen LogP contribution < -0.4 is 5.32 Å². The van der Waals surface area contributed by atoms with Crippen molar-refractivity contribution in [2.45, 2.75) is 45.3 Å². The Bertz CT molecular complexity index is 556. The quantitative estimate of drug-likeness (QED) is 0.891. The van der Waals surface area contributed by atoms with Crippen molar-refractivity contribution in [2.24, 2.45) is 5.41 Å². The van der Waals surface area contributed by atoms with Crippen molar-refractivity contribution in [3.63, 3.8) is 0 Å². The molecule has 1 fully saturated rings. The van der Waals surface area contributed by atoms with E-state index in [1.54, 1.807) is 0 Å². The summed E-state index contributed by atoms with van der Waals surface area (Å²) in [6.07, 6.45) is -2.11. The van der Waals surface area contributed by atoms with E-state index in [1.807, 2.05) is 0 Å². The van der Waals surface area contributed by atoms with Crippen LogP contribution in [-0.2, 0) is 6.18 Å². The van der Waals surface area contributed by atoms with Gasteiger partial charge in [0.25, 0.3) is 0 Å². The number of aromatic nitrogens is 1. The Labute approximate surface area is 120 Å². The molecule has 1 aliphatic rings. The third-order valence-electron chi connectivity index (χ3n) is 3.73. The number of carbonyl (C=O) groups is 1. The number of hydrogen-bond acceptors (Lipinski definition) is 3. The topological polar surface area (TPSA) is 62.2 Å². The van der Waals surface area contributed by atoms with Crippen LogP contribution in [0.2, 0.25) is 0 Å². The van der Waals surface area contributed by atoms with E-state index in [2.05, 4.69) is 24.1 Å². The fourth-order valence-corrected chi connectivity index (χ4v) is 2.65. The van der Waals surface area contributed by atoms with Gasteiger partial charge in [-0.05, 0) is 36.8 Å². The molecule has 4 nitrogen and oxygen atoms in total. The van der Waals surface area contributed by atoms with Crippen molar-refractivity contribution in [1.82, 2.24) is 4.98 Å². The van der Waals surface area contributed by atoms with Gasteiger partial charge in [0, 0.05) is 6.04 Å². The zero-order valence-corrected chi connectivity index (χ0v) is 11.8. The molecule has 2 N–H and O–H groups in total. The first-order chi connectivity index (χ1) is 9.58. The van der Waals surface area contributed by atoms with Crippen molar-refractivity contribution in [3.8, 4) is 0 Å². The van der Waals surface area contributed by atoms with E-state index in [0.29, 0.717) is 6.07 Å². The SMILES string of the molecule is CC1(C)CCC(Nc2nc(C(F)(F)F)ccc2C(=O)O)C1. The summed E-state index contributed by atoms with van der Waals surface area (Å²) < 4.78 is 38.1. The molecule has 0 radical (unpaired) electrons. The number of aromatic carboxylic acids is 1. The number of nitrogens with one attached hydrogen (secondary N) is 1. The third-order valence-corrected chi connectivity index (χ3v) is 3.73. The fourth-order valence-electron chi connectivity index (χ4n) is 2.65. The highest BCUT2D eigenvalue weighted by Gasteiger charge is 2.35. The number of carboxylic acids is 1. The van der Waals surface area contributed by atoms with Crippen molar-refractivity contribution in [3.05, 3.63) is 23.4 Å². The summed E-state index contributed by atoms with van der Waals surface area (Å²) in [6, 6.07) is 1.57. The first kappa shape index (κ1) is 15.6. The molecule has 1 aromatic heterocycles. The average Bonchev–Trinajstić information content (AvgIpc) is 2.67. The van der Waals surface area contributed by atoms with Gasteiger partial charge in [-0.3, -0.25) is 0 Å². The molecule has 0 aromatic carbocycles. The monoisotopic (exact) mass is 302 g/mol. The van der Waals surface area contributed by atoms with Crippen LogP contribution in [0, 0.1) is 5.41 Å². The molecule has 7 heteroatoms. The highest BCUT2D eigenvalue weighted by molar-refractivity contribution is 5.93. The van der Waals surface area contributed by atoms with E-state index < -0.39 is 17.8 Å². The number of carboxylic acid groups (broad SMARTS) is 1. The van der Waals surface area contributed by atoms with Gasteiger partial charge in [0.15, 0.2) is 0 Å². The zero-order valence-electron chi connectivity index (χ0n) is 11.8. The van der Waals surface area contributed by atoms with E-state index in [9.17, 15) is 18.0 Å². The second-order valence-electron chi connectivity index (χ2n) is 6.14. The van der Waals surface area contributed by atoms with Crippen LogP contribution in [0.1, 0.15) is 49.2 Å². The number of pyridine rings is 1. The van der Waals surface area contributed by atoms with E-state index >= 15 is 0 Å². The van der Waals surface area contributed by atoms with Crippen molar-refractivity contribution in [1.29, 1.82) is 0 Å². The first-order valence-electron chi connectivity index (χ1n) is 6.66. The molecule has 1 aromatic rings. The normalized spacial score (nSPS) is 21.3. The summed E-state index contributed by atoms with van der Waals surface area (Å²) in [5.41, 5.74) is -1.23. The summed E-state index contributed by atoms with van der Waals surface area (Å²) >= 11 is 0.